The van der Waals surface area contributed by atoms with Crippen molar-refractivity contribution in [3.8, 4) is 0 Å². The van der Waals surface area contributed by atoms with Gasteiger partial charge in [0.05, 0.1) is 0 Å². The highest BCUT2D eigenvalue weighted by Crippen LogP contribution is 2.28. The lowest BCUT2D eigenvalue weighted by molar-refractivity contribution is 0.273. The van der Waals surface area contributed by atoms with Gasteiger partial charge < -0.3 is 5.32 Å². The number of rotatable bonds is 4. The lowest BCUT2D eigenvalue weighted by atomic mass is 9.82. The van der Waals surface area contributed by atoms with E-state index in [0.29, 0.717) is 0 Å². The zero-order valence-corrected chi connectivity index (χ0v) is 9.47. The lowest BCUT2D eigenvalue weighted by Crippen LogP contribution is -2.33. The molecule has 1 heteroatoms. The fraction of sp³-hybridized carbons (Fsp3) is 1.00. The van der Waals surface area contributed by atoms with Crippen LogP contribution in [0.15, 0.2) is 0 Å². The molecule has 0 aromatic rings. The second kappa shape index (κ2) is 5.64. The largest absolute Gasteiger partial charge is 0.317 e. The minimum Gasteiger partial charge on any atom is -0.317 e. The molecular weight excluding hydrogens is 158 g/mol. The third-order valence-corrected chi connectivity index (χ3v) is 3.49. The van der Waals surface area contributed by atoms with Crippen molar-refractivity contribution in [1.29, 1.82) is 0 Å². The van der Waals surface area contributed by atoms with Gasteiger partial charge in [0.25, 0.3) is 0 Å². The summed E-state index contributed by atoms with van der Waals surface area (Å²) in [6.07, 6.45) is 8.77. The molecule has 13 heavy (non-hydrogen) atoms. The minimum atomic E-state index is 0.739. The van der Waals surface area contributed by atoms with Crippen LogP contribution >= 0.6 is 0 Å². The summed E-state index contributed by atoms with van der Waals surface area (Å²) in [5.74, 6) is 1.79. The molecule has 1 aliphatic rings. The highest BCUT2D eigenvalue weighted by Gasteiger charge is 2.19. The summed E-state index contributed by atoms with van der Waals surface area (Å²) >= 11 is 0. The first-order valence-electron chi connectivity index (χ1n) is 5.91. The fourth-order valence-electron chi connectivity index (χ4n) is 2.51. The van der Waals surface area contributed by atoms with E-state index in [1.54, 1.807) is 0 Å². The van der Waals surface area contributed by atoms with Crippen molar-refractivity contribution in [2.24, 2.45) is 11.8 Å². The van der Waals surface area contributed by atoms with Gasteiger partial charge in [0.15, 0.2) is 0 Å². The average molecular weight is 183 g/mol. The summed E-state index contributed by atoms with van der Waals surface area (Å²) in [4.78, 5) is 0. The first kappa shape index (κ1) is 11.0. The van der Waals surface area contributed by atoms with Gasteiger partial charge in [-0.15, -0.1) is 0 Å². The maximum absolute atomic E-state index is 3.45. The van der Waals surface area contributed by atoms with Crippen LogP contribution in [0.1, 0.15) is 52.4 Å². The van der Waals surface area contributed by atoms with Crippen LogP contribution in [0.25, 0.3) is 0 Å². The Morgan fingerprint density at radius 1 is 1.15 bits per heavy atom. The second-order valence-electron chi connectivity index (χ2n) is 4.88. The molecule has 0 aromatic heterocycles. The maximum Gasteiger partial charge on any atom is 0.00896 e. The molecule has 0 aliphatic heterocycles. The van der Waals surface area contributed by atoms with Gasteiger partial charge in [-0.25, -0.2) is 0 Å². The van der Waals surface area contributed by atoms with Crippen LogP contribution in [0.2, 0.25) is 0 Å². The Hall–Kier alpha value is -0.0400. The van der Waals surface area contributed by atoms with Gasteiger partial charge in [-0.05, 0) is 25.3 Å². The fourth-order valence-corrected chi connectivity index (χ4v) is 2.51. The maximum atomic E-state index is 3.45. The standard InChI is InChI=1S/C12H25N/c1-10(2)12(13-3)9-11-7-5-4-6-8-11/h10-13H,4-9H2,1-3H3/t12-/m0/s1. The molecule has 0 unspecified atom stereocenters. The molecule has 1 aliphatic carbocycles. The zero-order chi connectivity index (χ0) is 9.68. The van der Waals surface area contributed by atoms with Crippen molar-refractivity contribution in [3.63, 3.8) is 0 Å². The van der Waals surface area contributed by atoms with Crippen LogP contribution in [0.5, 0.6) is 0 Å². The Bertz CT molecular complexity index is 125. The van der Waals surface area contributed by atoms with E-state index in [0.717, 1.165) is 17.9 Å². The minimum absolute atomic E-state index is 0.739. The Balaban J connectivity index is 2.27. The molecule has 0 amide bonds. The van der Waals surface area contributed by atoms with Crippen LogP contribution in [0.4, 0.5) is 0 Å². The predicted octanol–water partition coefficient (Wildman–Crippen LogP) is 3.20. The lowest BCUT2D eigenvalue weighted by Gasteiger charge is -2.28. The normalized spacial score (nSPS) is 22.2. The molecule has 1 rings (SSSR count). The van der Waals surface area contributed by atoms with Crippen molar-refractivity contribution >= 4 is 0 Å². The van der Waals surface area contributed by atoms with Crippen LogP contribution in [-0.2, 0) is 0 Å². The first-order valence-corrected chi connectivity index (χ1v) is 5.91. The molecular formula is C12H25N. The Kier molecular flexibility index (Phi) is 4.79. The van der Waals surface area contributed by atoms with Crippen molar-refractivity contribution < 1.29 is 0 Å². The molecule has 0 spiro atoms. The van der Waals surface area contributed by atoms with Crippen LogP contribution in [0.3, 0.4) is 0 Å². The summed E-state index contributed by atoms with van der Waals surface area (Å²) in [6.45, 7) is 4.65. The van der Waals surface area contributed by atoms with E-state index < -0.39 is 0 Å². The van der Waals surface area contributed by atoms with Gasteiger partial charge >= 0.3 is 0 Å². The van der Waals surface area contributed by atoms with E-state index >= 15 is 0 Å². The van der Waals surface area contributed by atoms with Gasteiger partial charge in [-0.3, -0.25) is 0 Å². The van der Waals surface area contributed by atoms with E-state index in [1.807, 2.05) is 0 Å². The van der Waals surface area contributed by atoms with E-state index in [1.165, 1.54) is 38.5 Å². The predicted molar refractivity (Wildman–Crippen MR) is 58.9 cm³/mol. The van der Waals surface area contributed by atoms with Gasteiger partial charge in [-0.1, -0.05) is 46.0 Å². The molecule has 0 heterocycles. The second-order valence-corrected chi connectivity index (χ2v) is 4.88. The van der Waals surface area contributed by atoms with E-state index in [4.69, 9.17) is 0 Å². The van der Waals surface area contributed by atoms with Gasteiger partial charge in [0.2, 0.25) is 0 Å². The summed E-state index contributed by atoms with van der Waals surface area (Å²) < 4.78 is 0. The SMILES string of the molecule is CN[C@@H](CC1CCCCC1)C(C)C. The van der Waals surface area contributed by atoms with Gasteiger partial charge in [-0.2, -0.15) is 0 Å². The number of hydrogen-bond acceptors (Lipinski definition) is 1. The van der Waals surface area contributed by atoms with Crippen LogP contribution in [-0.4, -0.2) is 13.1 Å². The molecule has 1 nitrogen and oxygen atoms in total. The molecule has 1 N–H and O–H groups in total. The third-order valence-electron chi connectivity index (χ3n) is 3.49. The Labute approximate surface area is 83.3 Å². The third kappa shape index (κ3) is 3.68. The van der Waals surface area contributed by atoms with Crippen molar-refractivity contribution in [1.82, 2.24) is 5.32 Å². The highest BCUT2D eigenvalue weighted by molar-refractivity contribution is 4.75. The van der Waals surface area contributed by atoms with Crippen LogP contribution < -0.4 is 5.32 Å². The van der Waals surface area contributed by atoms with Crippen LogP contribution in [0, 0.1) is 11.8 Å². The van der Waals surface area contributed by atoms with E-state index in [2.05, 4.69) is 26.2 Å². The Morgan fingerprint density at radius 2 is 1.77 bits per heavy atom. The quantitative estimate of drug-likeness (QED) is 0.706. The molecule has 0 bridgehead atoms. The van der Waals surface area contributed by atoms with E-state index in [9.17, 15) is 0 Å². The van der Waals surface area contributed by atoms with Crippen molar-refractivity contribution in [3.05, 3.63) is 0 Å². The average Bonchev–Trinajstić information content (AvgIpc) is 2.15. The molecule has 0 saturated heterocycles. The Morgan fingerprint density at radius 3 is 2.23 bits per heavy atom. The molecule has 1 fully saturated rings. The van der Waals surface area contributed by atoms with Gasteiger partial charge in [0.1, 0.15) is 0 Å². The smallest absolute Gasteiger partial charge is 0.00896 e. The van der Waals surface area contributed by atoms with E-state index in [-0.39, 0.29) is 0 Å². The number of hydrogen-bond donors (Lipinski definition) is 1. The molecule has 78 valence electrons. The van der Waals surface area contributed by atoms with Crippen molar-refractivity contribution in [2.45, 2.75) is 58.4 Å². The monoisotopic (exact) mass is 183 g/mol. The van der Waals surface area contributed by atoms with Gasteiger partial charge in [0, 0.05) is 6.04 Å². The summed E-state index contributed by atoms with van der Waals surface area (Å²) in [5.41, 5.74) is 0. The molecule has 0 aromatic carbocycles. The summed E-state index contributed by atoms with van der Waals surface area (Å²) in [7, 11) is 2.10. The molecule has 0 radical (unpaired) electrons. The number of nitrogens with one attached hydrogen (secondary N) is 1. The first-order chi connectivity index (χ1) is 6.24. The topological polar surface area (TPSA) is 12.0 Å². The summed E-state index contributed by atoms with van der Waals surface area (Å²) in [6, 6.07) is 0.739. The molecule has 1 saturated carbocycles. The summed E-state index contributed by atoms with van der Waals surface area (Å²) in [5, 5.41) is 3.45. The highest BCUT2D eigenvalue weighted by atomic mass is 14.9. The molecule has 1 atom stereocenters. The van der Waals surface area contributed by atoms with Crippen molar-refractivity contribution in [2.75, 3.05) is 7.05 Å². The zero-order valence-electron chi connectivity index (χ0n) is 9.47.